The first-order valence-electron chi connectivity index (χ1n) is 12.0. The van der Waals surface area contributed by atoms with Crippen molar-refractivity contribution >= 4 is 16.9 Å². The minimum atomic E-state index is -0.574. The number of aliphatic hydroxyl groups is 1. The van der Waals surface area contributed by atoms with E-state index in [2.05, 4.69) is 39.1 Å². The van der Waals surface area contributed by atoms with Gasteiger partial charge in [-0.15, -0.1) is 0 Å². The molecule has 0 saturated carbocycles. The number of piperidine rings is 1. The maximum Gasteiger partial charge on any atom is 0.256 e. The molecule has 34 heavy (non-hydrogen) atoms. The molecule has 2 atom stereocenters. The van der Waals surface area contributed by atoms with E-state index in [1.165, 1.54) is 11.1 Å². The van der Waals surface area contributed by atoms with Gasteiger partial charge in [-0.1, -0.05) is 54.6 Å². The van der Waals surface area contributed by atoms with Gasteiger partial charge in [0.15, 0.2) is 0 Å². The summed E-state index contributed by atoms with van der Waals surface area (Å²) in [4.78, 5) is 25.4. The van der Waals surface area contributed by atoms with Crippen LogP contribution in [0.3, 0.4) is 0 Å². The number of amides is 1. The Hall–Kier alpha value is -3.48. The molecule has 4 aromatic rings. The Morgan fingerprint density at radius 1 is 0.971 bits per heavy atom. The molecule has 1 amide bonds. The second-order valence-electron chi connectivity index (χ2n) is 9.35. The predicted octanol–water partition coefficient (Wildman–Crippen LogP) is 3.86. The third kappa shape index (κ3) is 3.79. The highest BCUT2D eigenvalue weighted by Crippen LogP contribution is 2.29. The van der Waals surface area contributed by atoms with Crippen LogP contribution in [-0.2, 0) is 13.0 Å². The molecule has 1 aromatic heterocycles. The Morgan fingerprint density at radius 3 is 2.59 bits per heavy atom. The fraction of sp³-hybridized carbons (Fsp3) is 0.286. The zero-order valence-corrected chi connectivity index (χ0v) is 19.0. The summed E-state index contributed by atoms with van der Waals surface area (Å²) in [5.41, 5.74) is 6.87. The van der Waals surface area contributed by atoms with E-state index in [1.807, 2.05) is 42.5 Å². The molecular formula is C28H28N4O2. The van der Waals surface area contributed by atoms with Crippen molar-refractivity contribution in [2.45, 2.75) is 31.5 Å². The number of benzene rings is 3. The van der Waals surface area contributed by atoms with E-state index >= 15 is 0 Å². The van der Waals surface area contributed by atoms with Crippen LogP contribution in [0, 0.1) is 0 Å². The van der Waals surface area contributed by atoms with Crippen molar-refractivity contribution in [3.05, 3.63) is 89.7 Å². The average molecular weight is 453 g/mol. The van der Waals surface area contributed by atoms with Crippen LogP contribution in [0.4, 0.5) is 0 Å². The summed E-state index contributed by atoms with van der Waals surface area (Å²) in [6.45, 7) is 2.77. The number of imidazole rings is 1. The molecule has 0 aliphatic carbocycles. The lowest BCUT2D eigenvalue weighted by molar-refractivity contribution is -0.0137. The molecule has 0 bridgehead atoms. The molecule has 2 aliphatic heterocycles. The number of nitrogens with zero attached hydrogens (tertiary/aromatic N) is 3. The maximum atomic E-state index is 13.6. The second kappa shape index (κ2) is 8.70. The van der Waals surface area contributed by atoms with Crippen LogP contribution in [0.25, 0.3) is 22.2 Å². The number of hydrogen-bond acceptors (Lipinski definition) is 4. The SMILES string of the molecule is O=C(c1cc(-c2ccccc2)cc2[nH]cnc12)N1CC[C@H](N2CCc3ccccc3C2)[C@@H](O)C1. The van der Waals surface area contributed by atoms with Crippen LogP contribution in [0.5, 0.6) is 0 Å². The number of aromatic amines is 1. The van der Waals surface area contributed by atoms with Crippen molar-refractivity contribution in [1.29, 1.82) is 0 Å². The van der Waals surface area contributed by atoms with Crippen LogP contribution in [-0.4, -0.2) is 62.6 Å². The van der Waals surface area contributed by atoms with Gasteiger partial charge in [0.25, 0.3) is 5.91 Å². The lowest BCUT2D eigenvalue weighted by Gasteiger charge is -2.43. The van der Waals surface area contributed by atoms with Gasteiger partial charge in [-0.05, 0) is 47.2 Å². The minimum absolute atomic E-state index is 0.0680. The van der Waals surface area contributed by atoms with E-state index in [0.717, 1.165) is 42.6 Å². The van der Waals surface area contributed by atoms with Gasteiger partial charge in [0.1, 0.15) is 5.52 Å². The summed E-state index contributed by atoms with van der Waals surface area (Å²) in [5, 5.41) is 11.1. The van der Waals surface area contributed by atoms with Gasteiger partial charge >= 0.3 is 0 Å². The third-order valence-corrected chi connectivity index (χ3v) is 7.32. The number of likely N-dealkylation sites (tertiary alicyclic amines) is 1. The standard InChI is InChI=1S/C28H28N4O2/c33-26-17-32(13-11-25(26)31-12-10-20-8-4-5-9-21(20)16-31)28(34)23-14-22(19-6-2-1-3-7-19)15-24-27(23)30-18-29-24/h1-9,14-15,18,25-26,33H,10-13,16-17H2,(H,29,30)/t25-,26-/m0/s1. The van der Waals surface area contributed by atoms with E-state index in [9.17, 15) is 9.90 Å². The van der Waals surface area contributed by atoms with E-state index < -0.39 is 6.10 Å². The number of hydrogen-bond donors (Lipinski definition) is 2. The minimum Gasteiger partial charge on any atom is -0.390 e. The van der Waals surface area contributed by atoms with Crippen molar-refractivity contribution in [3.8, 4) is 11.1 Å². The van der Waals surface area contributed by atoms with Gasteiger partial charge in [0.05, 0.1) is 23.5 Å². The number of carbonyl (C=O) groups excluding carboxylic acids is 1. The Balaban J connectivity index is 1.22. The van der Waals surface area contributed by atoms with Crippen molar-refractivity contribution in [1.82, 2.24) is 19.8 Å². The van der Waals surface area contributed by atoms with Crippen molar-refractivity contribution in [2.24, 2.45) is 0 Å². The summed E-state index contributed by atoms with van der Waals surface area (Å²) in [5.74, 6) is -0.0728. The van der Waals surface area contributed by atoms with Gasteiger partial charge in [-0.25, -0.2) is 4.98 Å². The molecule has 172 valence electrons. The largest absolute Gasteiger partial charge is 0.390 e. The number of aliphatic hydroxyl groups excluding tert-OH is 1. The Kier molecular flexibility index (Phi) is 5.40. The first kappa shape index (κ1) is 21.1. The summed E-state index contributed by atoms with van der Waals surface area (Å²) in [6.07, 6.45) is 2.82. The fourth-order valence-corrected chi connectivity index (χ4v) is 5.51. The molecule has 0 radical (unpaired) electrons. The van der Waals surface area contributed by atoms with Gasteiger partial charge < -0.3 is 15.0 Å². The summed E-state index contributed by atoms with van der Waals surface area (Å²) >= 11 is 0. The van der Waals surface area contributed by atoms with Crippen LogP contribution in [0.1, 0.15) is 27.9 Å². The molecule has 0 spiro atoms. The fourth-order valence-electron chi connectivity index (χ4n) is 5.51. The Morgan fingerprint density at radius 2 is 1.76 bits per heavy atom. The molecule has 3 aromatic carbocycles. The van der Waals surface area contributed by atoms with Crippen molar-refractivity contribution < 1.29 is 9.90 Å². The van der Waals surface area contributed by atoms with Crippen molar-refractivity contribution in [3.63, 3.8) is 0 Å². The van der Waals surface area contributed by atoms with E-state index in [-0.39, 0.29) is 11.9 Å². The van der Waals surface area contributed by atoms with E-state index in [1.54, 1.807) is 11.2 Å². The molecule has 6 rings (SSSR count). The smallest absolute Gasteiger partial charge is 0.256 e. The van der Waals surface area contributed by atoms with Crippen LogP contribution in [0.15, 0.2) is 73.1 Å². The quantitative estimate of drug-likeness (QED) is 0.495. The number of rotatable bonds is 3. The highest BCUT2D eigenvalue weighted by Gasteiger charge is 2.36. The van der Waals surface area contributed by atoms with Gasteiger partial charge in [-0.2, -0.15) is 0 Å². The lowest BCUT2D eigenvalue weighted by Crippen LogP contribution is -2.56. The topological polar surface area (TPSA) is 72.5 Å². The van der Waals surface area contributed by atoms with Crippen LogP contribution in [0.2, 0.25) is 0 Å². The lowest BCUT2D eigenvalue weighted by atomic mass is 9.93. The second-order valence-corrected chi connectivity index (χ2v) is 9.35. The Bertz CT molecular complexity index is 1330. The van der Waals surface area contributed by atoms with Crippen molar-refractivity contribution in [2.75, 3.05) is 19.6 Å². The number of H-pyrrole nitrogens is 1. The number of aromatic nitrogens is 2. The molecule has 2 aliphatic rings. The van der Waals surface area contributed by atoms with E-state index in [0.29, 0.717) is 24.2 Å². The van der Waals surface area contributed by atoms with Gasteiger partial charge in [0.2, 0.25) is 0 Å². The summed E-state index contributed by atoms with van der Waals surface area (Å²) < 4.78 is 0. The normalized spacial score (nSPS) is 20.9. The van der Waals surface area contributed by atoms with Crippen LogP contribution >= 0.6 is 0 Å². The monoisotopic (exact) mass is 452 g/mol. The maximum absolute atomic E-state index is 13.6. The average Bonchev–Trinajstić information content (AvgIpc) is 3.37. The zero-order valence-electron chi connectivity index (χ0n) is 19.0. The first-order chi connectivity index (χ1) is 16.7. The summed E-state index contributed by atoms with van der Waals surface area (Å²) in [6, 6.07) is 22.6. The molecule has 1 saturated heterocycles. The highest BCUT2D eigenvalue weighted by molar-refractivity contribution is 6.06. The first-order valence-corrected chi connectivity index (χ1v) is 12.0. The van der Waals surface area contributed by atoms with E-state index in [4.69, 9.17) is 0 Å². The van der Waals surface area contributed by atoms with Crippen LogP contribution < -0.4 is 0 Å². The predicted molar refractivity (Wildman–Crippen MR) is 132 cm³/mol. The highest BCUT2D eigenvalue weighted by atomic mass is 16.3. The molecule has 3 heterocycles. The van der Waals surface area contributed by atoms with Gasteiger partial charge in [0, 0.05) is 32.2 Å². The number of fused-ring (bicyclic) bond motifs is 2. The number of nitrogens with one attached hydrogen (secondary N) is 1. The molecular weight excluding hydrogens is 424 g/mol. The molecule has 6 nitrogen and oxygen atoms in total. The summed E-state index contributed by atoms with van der Waals surface area (Å²) in [7, 11) is 0. The molecule has 2 N–H and O–H groups in total. The third-order valence-electron chi connectivity index (χ3n) is 7.32. The number of carbonyl (C=O) groups is 1. The Labute approximate surface area is 198 Å². The molecule has 6 heteroatoms. The molecule has 1 fully saturated rings. The van der Waals surface area contributed by atoms with Gasteiger partial charge in [-0.3, -0.25) is 9.69 Å². The molecule has 0 unspecified atom stereocenters. The zero-order chi connectivity index (χ0) is 23.1. The number of β-amino-alcohol motifs (C(OH)–C–C–N with tert-alkyl or cyclic N) is 1.